The molecule has 4 heteroatoms. The Kier molecular flexibility index (Phi) is 2.81. The largest absolute Gasteiger partial charge is 0.363 e. The standard InChI is InChI=1S/C10H14N2O2/c13-10(5-8-3-1-2-4-8)12-9-6-11-14-7-9/h6-8H,1-5H2,(H,12,13). The van der Waals surface area contributed by atoms with Gasteiger partial charge in [0, 0.05) is 6.42 Å². The summed E-state index contributed by atoms with van der Waals surface area (Å²) in [5.41, 5.74) is 0.646. The number of hydrogen-bond donors (Lipinski definition) is 1. The van der Waals surface area contributed by atoms with Crippen LogP contribution < -0.4 is 5.32 Å². The lowest BCUT2D eigenvalue weighted by Gasteiger charge is -2.07. The van der Waals surface area contributed by atoms with E-state index in [9.17, 15) is 4.79 Å². The zero-order chi connectivity index (χ0) is 9.80. The SMILES string of the molecule is O=C(CC1CCCC1)Nc1cnoc1. The topological polar surface area (TPSA) is 55.1 Å². The van der Waals surface area contributed by atoms with Gasteiger partial charge in [-0.1, -0.05) is 18.0 Å². The Bertz CT molecular complexity index is 289. The van der Waals surface area contributed by atoms with Gasteiger partial charge in [0.25, 0.3) is 0 Å². The molecule has 1 N–H and O–H groups in total. The minimum Gasteiger partial charge on any atom is -0.363 e. The van der Waals surface area contributed by atoms with Gasteiger partial charge in [-0.3, -0.25) is 4.79 Å². The first-order valence-corrected chi connectivity index (χ1v) is 5.04. The molecule has 0 saturated heterocycles. The van der Waals surface area contributed by atoms with Crippen LogP contribution in [0, 0.1) is 5.92 Å². The summed E-state index contributed by atoms with van der Waals surface area (Å²) in [4.78, 5) is 11.5. The van der Waals surface area contributed by atoms with Gasteiger partial charge in [0.1, 0.15) is 12.0 Å². The number of rotatable bonds is 3. The van der Waals surface area contributed by atoms with Crippen molar-refractivity contribution in [1.82, 2.24) is 5.16 Å². The molecule has 1 aliphatic carbocycles. The summed E-state index contributed by atoms with van der Waals surface area (Å²) in [5.74, 6) is 0.648. The molecule has 0 unspecified atom stereocenters. The van der Waals surface area contributed by atoms with Crippen molar-refractivity contribution < 1.29 is 9.32 Å². The first-order valence-electron chi connectivity index (χ1n) is 5.04. The van der Waals surface area contributed by atoms with Gasteiger partial charge in [0.05, 0.1) is 6.20 Å². The van der Waals surface area contributed by atoms with E-state index in [2.05, 4.69) is 15.0 Å². The summed E-state index contributed by atoms with van der Waals surface area (Å²) in [6.45, 7) is 0. The Labute approximate surface area is 82.7 Å². The highest BCUT2D eigenvalue weighted by Gasteiger charge is 2.18. The highest BCUT2D eigenvalue weighted by Crippen LogP contribution is 2.27. The first kappa shape index (κ1) is 9.24. The number of carbonyl (C=O) groups excluding carboxylic acids is 1. The van der Waals surface area contributed by atoms with E-state index in [0.717, 1.165) is 0 Å². The first-order chi connectivity index (χ1) is 6.84. The summed E-state index contributed by atoms with van der Waals surface area (Å²) < 4.78 is 4.62. The van der Waals surface area contributed by atoms with E-state index in [1.807, 2.05) is 0 Å². The number of nitrogens with zero attached hydrogens (tertiary/aromatic N) is 1. The van der Waals surface area contributed by atoms with Crippen molar-refractivity contribution in [3.8, 4) is 0 Å². The van der Waals surface area contributed by atoms with Gasteiger partial charge < -0.3 is 9.84 Å². The van der Waals surface area contributed by atoms with E-state index < -0.39 is 0 Å². The number of carbonyl (C=O) groups is 1. The van der Waals surface area contributed by atoms with Gasteiger partial charge in [0.2, 0.25) is 5.91 Å². The van der Waals surface area contributed by atoms with E-state index >= 15 is 0 Å². The number of nitrogens with one attached hydrogen (secondary N) is 1. The molecule has 1 saturated carbocycles. The molecular formula is C10H14N2O2. The minimum atomic E-state index is 0.0695. The predicted molar refractivity (Wildman–Crippen MR) is 51.7 cm³/mol. The van der Waals surface area contributed by atoms with Gasteiger partial charge in [-0.25, -0.2) is 0 Å². The second-order valence-electron chi connectivity index (χ2n) is 3.82. The molecule has 1 amide bonds. The van der Waals surface area contributed by atoms with Gasteiger partial charge >= 0.3 is 0 Å². The normalized spacial score (nSPS) is 17.1. The quantitative estimate of drug-likeness (QED) is 0.802. The molecule has 0 bridgehead atoms. The van der Waals surface area contributed by atoms with E-state index in [1.54, 1.807) is 0 Å². The van der Waals surface area contributed by atoms with E-state index in [0.29, 0.717) is 18.0 Å². The fourth-order valence-corrected chi connectivity index (χ4v) is 1.96. The zero-order valence-corrected chi connectivity index (χ0v) is 8.03. The molecule has 0 atom stereocenters. The van der Waals surface area contributed by atoms with Crippen LogP contribution in [0.5, 0.6) is 0 Å². The molecule has 14 heavy (non-hydrogen) atoms. The Morgan fingerprint density at radius 2 is 2.36 bits per heavy atom. The summed E-state index contributed by atoms with van der Waals surface area (Å²) in [5, 5.41) is 6.27. The Morgan fingerprint density at radius 3 is 3.00 bits per heavy atom. The molecule has 4 nitrogen and oxygen atoms in total. The Morgan fingerprint density at radius 1 is 1.57 bits per heavy atom. The maximum atomic E-state index is 11.5. The van der Waals surface area contributed by atoms with Crippen LogP contribution in [-0.2, 0) is 4.79 Å². The Balaban J connectivity index is 1.78. The summed E-state index contributed by atoms with van der Waals surface area (Å²) in [7, 11) is 0. The second-order valence-corrected chi connectivity index (χ2v) is 3.82. The van der Waals surface area contributed by atoms with Crippen molar-refractivity contribution in [2.24, 2.45) is 5.92 Å². The monoisotopic (exact) mass is 194 g/mol. The maximum absolute atomic E-state index is 11.5. The molecular weight excluding hydrogens is 180 g/mol. The lowest BCUT2D eigenvalue weighted by molar-refractivity contribution is -0.117. The molecule has 0 aliphatic heterocycles. The van der Waals surface area contributed by atoms with E-state index in [-0.39, 0.29) is 5.91 Å². The third-order valence-corrected chi connectivity index (χ3v) is 2.66. The summed E-state index contributed by atoms with van der Waals surface area (Å²) in [6.07, 6.45) is 8.49. The average Bonchev–Trinajstić information content (AvgIpc) is 2.76. The van der Waals surface area contributed by atoms with Gasteiger partial charge in [-0.05, 0) is 18.8 Å². The second kappa shape index (κ2) is 4.26. The minimum absolute atomic E-state index is 0.0695. The molecule has 0 aromatic carbocycles. The van der Waals surface area contributed by atoms with Gasteiger partial charge in [-0.2, -0.15) is 0 Å². The summed E-state index contributed by atoms with van der Waals surface area (Å²) >= 11 is 0. The molecule has 1 fully saturated rings. The highest BCUT2D eigenvalue weighted by atomic mass is 16.5. The average molecular weight is 194 g/mol. The maximum Gasteiger partial charge on any atom is 0.224 e. The van der Waals surface area contributed by atoms with Gasteiger partial charge in [0.15, 0.2) is 0 Å². The number of anilines is 1. The van der Waals surface area contributed by atoms with E-state index in [4.69, 9.17) is 0 Å². The van der Waals surface area contributed by atoms with Crippen molar-refractivity contribution >= 4 is 11.6 Å². The molecule has 1 aromatic rings. The van der Waals surface area contributed by atoms with Crippen molar-refractivity contribution in [2.45, 2.75) is 32.1 Å². The van der Waals surface area contributed by atoms with Crippen LogP contribution in [0.3, 0.4) is 0 Å². The van der Waals surface area contributed by atoms with Crippen LogP contribution >= 0.6 is 0 Å². The molecule has 0 radical (unpaired) electrons. The molecule has 1 heterocycles. The van der Waals surface area contributed by atoms with Crippen LogP contribution in [0.2, 0.25) is 0 Å². The van der Waals surface area contributed by atoms with Crippen molar-refractivity contribution in [3.05, 3.63) is 12.5 Å². The third kappa shape index (κ3) is 2.34. The van der Waals surface area contributed by atoms with Crippen LogP contribution in [0.25, 0.3) is 0 Å². The molecule has 76 valence electrons. The van der Waals surface area contributed by atoms with Crippen molar-refractivity contribution in [3.63, 3.8) is 0 Å². The third-order valence-electron chi connectivity index (χ3n) is 2.66. The van der Waals surface area contributed by atoms with Gasteiger partial charge in [-0.15, -0.1) is 0 Å². The molecule has 2 rings (SSSR count). The smallest absolute Gasteiger partial charge is 0.224 e. The van der Waals surface area contributed by atoms with Crippen LogP contribution in [-0.4, -0.2) is 11.1 Å². The van der Waals surface area contributed by atoms with Crippen LogP contribution in [0.15, 0.2) is 17.0 Å². The van der Waals surface area contributed by atoms with E-state index in [1.165, 1.54) is 38.1 Å². The van der Waals surface area contributed by atoms with Crippen molar-refractivity contribution in [2.75, 3.05) is 5.32 Å². The lowest BCUT2D eigenvalue weighted by Crippen LogP contribution is -2.14. The fraction of sp³-hybridized carbons (Fsp3) is 0.600. The number of amides is 1. The van der Waals surface area contributed by atoms with Crippen molar-refractivity contribution in [1.29, 1.82) is 0 Å². The zero-order valence-electron chi connectivity index (χ0n) is 8.03. The summed E-state index contributed by atoms with van der Waals surface area (Å²) in [6, 6.07) is 0. The number of hydrogen-bond acceptors (Lipinski definition) is 3. The molecule has 1 aromatic heterocycles. The molecule has 1 aliphatic rings. The molecule has 0 spiro atoms. The Hall–Kier alpha value is -1.32. The number of aromatic nitrogens is 1. The predicted octanol–water partition coefficient (Wildman–Crippen LogP) is 2.19. The fourth-order valence-electron chi connectivity index (χ4n) is 1.96. The highest BCUT2D eigenvalue weighted by molar-refractivity contribution is 5.90. The van der Waals surface area contributed by atoms with Crippen LogP contribution in [0.1, 0.15) is 32.1 Å². The van der Waals surface area contributed by atoms with Crippen LogP contribution in [0.4, 0.5) is 5.69 Å². The lowest BCUT2D eigenvalue weighted by atomic mass is 10.0.